The van der Waals surface area contributed by atoms with Crippen LogP contribution in [-0.4, -0.2) is 23.7 Å². The van der Waals surface area contributed by atoms with Crippen molar-refractivity contribution in [2.75, 3.05) is 6.61 Å². The standard InChI is InChI=1S/C11H12N2O2/c1-8(7-14)13-11(15)10-4-2-9(6-12)3-5-10/h2-5,8,14H,7H2,1H3,(H,13,15)/t8-/m0/s1. The van der Waals surface area contributed by atoms with E-state index in [2.05, 4.69) is 5.32 Å². The number of hydrogen-bond donors (Lipinski definition) is 2. The maximum Gasteiger partial charge on any atom is 0.251 e. The molecule has 0 aliphatic heterocycles. The normalized spacial score (nSPS) is 11.5. The average Bonchev–Trinajstić information content (AvgIpc) is 2.29. The quantitative estimate of drug-likeness (QED) is 0.760. The van der Waals surface area contributed by atoms with Gasteiger partial charge in [0.15, 0.2) is 0 Å². The molecule has 1 aromatic rings. The zero-order valence-electron chi connectivity index (χ0n) is 8.40. The number of carbonyl (C=O) groups excluding carboxylic acids is 1. The molecule has 0 aromatic heterocycles. The molecule has 1 atom stereocenters. The predicted molar refractivity (Wildman–Crippen MR) is 55.2 cm³/mol. The summed E-state index contributed by atoms with van der Waals surface area (Å²) in [6.45, 7) is 1.61. The zero-order valence-corrected chi connectivity index (χ0v) is 8.40. The molecule has 4 heteroatoms. The van der Waals surface area contributed by atoms with Gasteiger partial charge in [-0.1, -0.05) is 0 Å². The van der Waals surface area contributed by atoms with Crippen LogP contribution >= 0.6 is 0 Å². The Labute approximate surface area is 88.2 Å². The number of nitrogens with one attached hydrogen (secondary N) is 1. The Bertz CT molecular complexity index is 379. The van der Waals surface area contributed by atoms with Gasteiger partial charge in [0.2, 0.25) is 0 Å². The second kappa shape index (κ2) is 5.13. The molecular formula is C11H12N2O2. The Morgan fingerprint density at radius 3 is 2.60 bits per heavy atom. The molecule has 4 nitrogen and oxygen atoms in total. The van der Waals surface area contributed by atoms with Gasteiger partial charge in [-0.25, -0.2) is 0 Å². The second-order valence-corrected chi connectivity index (χ2v) is 3.25. The molecule has 0 spiro atoms. The van der Waals surface area contributed by atoms with Crippen LogP contribution in [0.4, 0.5) is 0 Å². The number of aliphatic hydroxyl groups is 1. The largest absolute Gasteiger partial charge is 0.394 e. The van der Waals surface area contributed by atoms with E-state index in [1.165, 1.54) is 0 Å². The van der Waals surface area contributed by atoms with Crippen LogP contribution in [0.5, 0.6) is 0 Å². The summed E-state index contributed by atoms with van der Waals surface area (Å²) < 4.78 is 0. The molecule has 0 bridgehead atoms. The highest BCUT2D eigenvalue weighted by molar-refractivity contribution is 5.94. The van der Waals surface area contributed by atoms with E-state index in [0.29, 0.717) is 11.1 Å². The highest BCUT2D eigenvalue weighted by Gasteiger charge is 2.08. The molecule has 1 amide bonds. The van der Waals surface area contributed by atoms with Gasteiger partial charge >= 0.3 is 0 Å². The van der Waals surface area contributed by atoms with Gasteiger partial charge in [0.25, 0.3) is 5.91 Å². The number of carbonyl (C=O) groups is 1. The topological polar surface area (TPSA) is 73.1 Å². The number of hydrogen-bond acceptors (Lipinski definition) is 3. The number of aliphatic hydroxyl groups excluding tert-OH is 1. The minimum absolute atomic E-state index is 0.0952. The van der Waals surface area contributed by atoms with E-state index in [-0.39, 0.29) is 18.6 Å². The third kappa shape index (κ3) is 3.08. The van der Waals surface area contributed by atoms with Gasteiger partial charge in [-0.15, -0.1) is 0 Å². The van der Waals surface area contributed by atoms with E-state index in [1.54, 1.807) is 31.2 Å². The van der Waals surface area contributed by atoms with Crippen molar-refractivity contribution >= 4 is 5.91 Å². The van der Waals surface area contributed by atoms with Crippen molar-refractivity contribution in [2.45, 2.75) is 13.0 Å². The van der Waals surface area contributed by atoms with E-state index in [1.807, 2.05) is 6.07 Å². The smallest absolute Gasteiger partial charge is 0.251 e. The van der Waals surface area contributed by atoms with Crippen molar-refractivity contribution in [1.29, 1.82) is 5.26 Å². The summed E-state index contributed by atoms with van der Waals surface area (Å²) in [5.41, 5.74) is 0.996. The summed E-state index contributed by atoms with van der Waals surface area (Å²) in [6, 6.07) is 8.03. The maximum absolute atomic E-state index is 11.5. The molecular weight excluding hydrogens is 192 g/mol. The van der Waals surface area contributed by atoms with Crippen molar-refractivity contribution in [3.05, 3.63) is 35.4 Å². The lowest BCUT2D eigenvalue weighted by atomic mass is 10.1. The van der Waals surface area contributed by atoms with Gasteiger partial charge in [-0.3, -0.25) is 4.79 Å². The fourth-order valence-electron chi connectivity index (χ4n) is 1.05. The molecule has 0 aliphatic carbocycles. The molecule has 0 saturated heterocycles. The second-order valence-electron chi connectivity index (χ2n) is 3.25. The van der Waals surface area contributed by atoms with Gasteiger partial charge < -0.3 is 10.4 Å². The van der Waals surface area contributed by atoms with Crippen LogP contribution in [0.2, 0.25) is 0 Å². The molecule has 0 aliphatic rings. The summed E-state index contributed by atoms with van der Waals surface area (Å²) in [5, 5.41) is 19.9. The predicted octanol–water partition coefficient (Wildman–Crippen LogP) is 0.669. The van der Waals surface area contributed by atoms with Crippen LogP contribution in [0.25, 0.3) is 0 Å². The van der Waals surface area contributed by atoms with Crippen LogP contribution in [0, 0.1) is 11.3 Å². The first-order valence-electron chi connectivity index (χ1n) is 4.59. The van der Waals surface area contributed by atoms with E-state index in [9.17, 15) is 4.79 Å². The first-order valence-corrected chi connectivity index (χ1v) is 4.59. The number of rotatable bonds is 3. The molecule has 0 radical (unpaired) electrons. The molecule has 0 heterocycles. The fourth-order valence-corrected chi connectivity index (χ4v) is 1.05. The molecule has 1 aromatic carbocycles. The summed E-state index contributed by atoms with van der Waals surface area (Å²) in [4.78, 5) is 11.5. The molecule has 2 N–H and O–H groups in total. The third-order valence-corrected chi connectivity index (χ3v) is 1.93. The monoisotopic (exact) mass is 204 g/mol. The van der Waals surface area contributed by atoms with Crippen LogP contribution in [0.3, 0.4) is 0 Å². The van der Waals surface area contributed by atoms with Crippen molar-refractivity contribution in [1.82, 2.24) is 5.32 Å². The van der Waals surface area contributed by atoms with Crippen LogP contribution in [-0.2, 0) is 0 Å². The molecule has 0 unspecified atom stereocenters. The Hall–Kier alpha value is -1.86. The lowest BCUT2D eigenvalue weighted by molar-refractivity contribution is 0.0922. The number of benzene rings is 1. The highest BCUT2D eigenvalue weighted by atomic mass is 16.3. The lowest BCUT2D eigenvalue weighted by Gasteiger charge is -2.10. The van der Waals surface area contributed by atoms with Crippen molar-refractivity contribution in [2.24, 2.45) is 0 Å². The minimum atomic E-state index is -0.270. The van der Waals surface area contributed by atoms with Crippen LogP contribution in [0.1, 0.15) is 22.8 Å². The SMILES string of the molecule is C[C@@H](CO)NC(=O)c1ccc(C#N)cc1. The van der Waals surface area contributed by atoms with Crippen LogP contribution in [0.15, 0.2) is 24.3 Å². The summed E-state index contributed by atoms with van der Waals surface area (Å²) in [6.07, 6.45) is 0. The van der Waals surface area contributed by atoms with Crippen molar-refractivity contribution in [3.8, 4) is 6.07 Å². The Kier molecular flexibility index (Phi) is 3.83. The average molecular weight is 204 g/mol. The van der Waals surface area contributed by atoms with E-state index >= 15 is 0 Å². The minimum Gasteiger partial charge on any atom is -0.394 e. The van der Waals surface area contributed by atoms with E-state index < -0.39 is 0 Å². The highest BCUT2D eigenvalue weighted by Crippen LogP contribution is 2.03. The molecule has 1 rings (SSSR count). The number of amides is 1. The van der Waals surface area contributed by atoms with Gasteiger partial charge in [0.1, 0.15) is 0 Å². The first kappa shape index (κ1) is 11.2. The summed E-state index contributed by atoms with van der Waals surface area (Å²) in [5.74, 6) is -0.249. The fraction of sp³-hybridized carbons (Fsp3) is 0.273. The molecule has 15 heavy (non-hydrogen) atoms. The van der Waals surface area contributed by atoms with Crippen molar-refractivity contribution in [3.63, 3.8) is 0 Å². The van der Waals surface area contributed by atoms with Gasteiger partial charge in [0.05, 0.1) is 18.2 Å². The zero-order chi connectivity index (χ0) is 11.3. The number of nitrogens with zero attached hydrogens (tertiary/aromatic N) is 1. The van der Waals surface area contributed by atoms with E-state index in [0.717, 1.165) is 0 Å². The molecule has 78 valence electrons. The Balaban J connectivity index is 2.71. The van der Waals surface area contributed by atoms with Gasteiger partial charge in [-0.2, -0.15) is 5.26 Å². The Morgan fingerprint density at radius 2 is 2.13 bits per heavy atom. The third-order valence-electron chi connectivity index (χ3n) is 1.93. The van der Waals surface area contributed by atoms with Gasteiger partial charge in [0, 0.05) is 11.6 Å². The van der Waals surface area contributed by atoms with E-state index in [4.69, 9.17) is 10.4 Å². The van der Waals surface area contributed by atoms with Crippen LogP contribution < -0.4 is 5.32 Å². The van der Waals surface area contributed by atoms with Crippen molar-refractivity contribution < 1.29 is 9.90 Å². The maximum atomic E-state index is 11.5. The lowest BCUT2D eigenvalue weighted by Crippen LogP contribution is -2.34. The molecule has 0 saturated carbocycles. The first-order chi connectivity index (χ1) is 7.17. The van der Waals surface area contributed by atoms with Gasteiger partial charge in [-0.05, 0) is 31.2 Å². The Morgan fingerprint density at radius 1 is 1.53 bits per heavy atom. The summed E-state index contributed by atoms with van der Waals surface area (Å²) >= 11 is 0. The molecule has 0 fully saturated rings. The summed E-state index contributed by atoms with van der Waals surface area (Å²) in [7, 11) is 0. The number of nitriles is 1.